The molecular formula is C20H19F2N5O2. The number of hydrogen-bond donors (Lipinski definition) is 0. The Hall–Kier alpha value is -3.36. The molecule has 0 atom stereocenters. The van der Waals surface area contributed by atoms with Crippen molar-refractivity contribution < 1.29 is 13.6 Å². The molecule has 2 aromatic heterocycles. The number of carbonyl (C=O) groups excluding carboxylic acids is 1. The first-order chi connectivity index (χ1) is 14.0. The van der Waals surface area contributed by atoms with Crippen molar-refractivity contribution in [2.45, 2.75) is 19.4 Å². The van der Waals surface area contributed by atoms with Crippen molar-refractivity contribution in [1.29, 1.82) is 0 Å². The van der Waals surface area contributed by atoms with Crippen LogP contribution in [0.1, 0.15) is 23.2 Å². The van der Waals surface area contributed by atoms with Crippen molar-refractivity contribution >= 4 is 5.91 Å². The molecule has 1 aliphatic heterocycles. The van der Waals surface area contributed by atoms with Gasteiger partial charge in [0.2, 0.25) is 0 Å². The highest BCUT2D eigenvalue weighted by molar-refractivity contribution is 5.94. The van der Waals surface area contributed by atoms with Crippen molar-refractivity contribution in [2.24, 2.45) is 5.92 Å². The smallest absolute Gasteiger partial charge is 0.266 e. The van der Waals surface area contributed by atoms with E-state index >= 15 is 0 Å². The van der Waals surface area contributed by atoms with Crippen LogP contribution in [0.3, 0.4) is 0 Å². The predicted octanol–water partition coefficient (Wildman–Crippen LogP) is 2.26. The van der Waals surface area contributed by atoms with Crippen molar-refractivity contribution in [3.05, 3.63) is 76.3 Å². The molecule has 0 bridgehead atoms. The zero-order chi connectivity index (χ0) is 20.4. The van der Waals surface area contributed by atoms with Gasteiger partial charge in [-0.05, 0) is 43.0 Å². The minimum absolute atomic E-state index is 0.130. The predicted molar refractivity (Wildman–Crippen MR) is 101 cm³/mol. The molecular weight excluding hydrogens is 380 g/mol. The van der Waals surface area contributed by atoms with Crippen LogP contribution in [0.5, 0.6) is 0 Å². The number of aromatic nitrogens is 4. The summed E-state index contributed by atoms with van der Waals surface area (Å²) in [5.41, 5.74) is -0.331. The molecule has 7 nitrogen and oxygen atoms in total. The SMILES string of the molecule is O=C(c1ccc(F)cc1F)N1CCC(Cn2nc(-n3cccn3)ccc2=O)CC1. The van der Waals surface area contributed by atoms with Gasteiger partial charge in [-0.1, -0.05) is 0 Å². The molecule has 1 saturated heterocycles. The van der Waals surface area contributed by atoms with Gasteiger partial charge in [-0.25, -0.2) is 18.1 Å². The fourth-order valence-electron chi connectivity index (χ4n) is 3.49. The minimum atomic E-state index is -0.858. The maximum atomic E-state index is 13.9. The molecule has 0 saturated carbocycles. The molecule has 3 heterocycles. The highest BCUT2D eigenvalue weighted by Gasteiger charge is 2.26. The van der Waals surface area contributed by atoms with Crippen LogP contribution in [0.4, 0.5) is 8.78 Å². The first-order valence-electron chi connectivity index (χ1n) is 9.34. The largest absolute Gasteiger partial charge is 0.339 e. The number of rotatable bonds is 4. The molecule has 1 amide bonds. The van der Waals surface area contributed by atoms with Gasteiger partial charge < -0.3 is 4.90 Å². The van der Waals surface area contributed by atoms with E-state index in [0.717, 1.165) is 6.07 Å². The first-order valence-corrected chi connectivity index (χ1v) is 9.34. The number of likely N-dealkylation sites (tertiary alicyclic amines) is 1. The molecule has 150 valence electrons. The minimum Gasteiger partial charge on any atom is -0.339 e. The zero-order valence-corrected chi connectivity index (χ0v) is 15.5. The standard InChI is InChI=1S/C20H19F2N5O2/c21-15-2-3-16(17(22)12-15)20(29)25-10-6-14(7-11-25)13-27-19(28)5-4-18(24-27)26-9-1-8-23-26/h1-5,8-9,12,14H,6-7,10-11,13H2. The van der Waals surface area contributed by atoms with E-state index in [1.54, 1.807) is 34.1 Å². The zero-order valence-electron chi connectivity index (χ0n) is 15.5. The van der Waals surface area contributed by atoms with Gasteiger partial charge in [-0.15, -0.1) is 5.10 Å². The van der Waals surface area contributed by atoms with Crippen LogP contribution in [0, 0.1) is 17.6 Å². The Labute approximate surface area is 165 Å². The average molecular weight is 399 g/mol. The molecule has 0 aliphatic carbocycles. The number of halogens is 2. The molecule has 0 N–H and O–H groups in total. The second-order valence-electron chi connectivity index (χ2n) is 7.02. The topological polar surface area (TPSA) is 73.0 Å². The van der Waals surface area contributed by atoms with Crippen molar-refractivity contribution in [2.75, 3.05) is 13.1 Å². The third-order valence-corrected chi connectivity index (χ3v) is 5.09. The Balaban J connectivity index is 1.41. The van der Waals surface area contributed by atoms with Crippen molar-refractivity contribution in [3.8, 4) is 5.82 Å². The first kappa shape index (κ1) is 19.0. The van der Waals surface area contributed by atoms with E-state index in [9.17, 15) is 18.4 Å². The molecule has 9 heteroatoms. The number of nitrogens with zero attached hydrogens (tertiary/aromatic N) is 5. The molecule has 0 unspecified atom stereocenters. The number of hydrogen-bond acceptors (Lipinski definition) is 4. The fourth-order valence-corrected chi connectivity index (χ4v) is 3.49. The van der Waals surface area contributed by atoms with E-state index in [0.29, 0.717) is 44.4 Å². The number of benzene rings is 1. The van der Waals surface area contributed by atoms with Crippen LogP contribution >= 0.6 is 0 Å². The average Bonchev–Trinajstić information content (AvgIpc) is 3.25. The summed E-state index contributed by atoms with van der Waals surface area (Å²) >= 11 is 0. The van der Waals surface area contributed by atoms with Crippen LogP contribution in [0.15, 0.2) is 53.6 Å². The lowest BCUT2D eigenvalue weighted by Crippen LogP contribution is -2.40. The fraction of sp³-hybridized carbons (Fsp3) is 0.300. The molecule has 1 aromatic carbocycles. The summed E-state index contributed by atoms with van der Waals surface area (Å²) in [4.78, 5) is 26.2. The summed E-state index contributed by atoms with van der Waals surface area (Å²) in [6.45, 7) is 1.31. The molecule has 1 aliphatic rings. The lowest BCUT2D eigenvalue weighted by Gasteiger charge is -2.32. The van der Waals surface area contributed by atoms with E-state index in [-0.39, 0.29) is 17.0 Å². The monoisotopic (exact) mass is 399 g/mol. The van der Waals surface area contributed by atoms with Gasteiger partial charge in [-0.3, -0.25) is 9.59 Å². The maximum Gasteiger partial charge on any atom is 0.266 e. The normalized spacial score (nSPS) is 14.9. The number of amides is 1. The van der Waals surface area contributed by atoms with E-state index in [4.69, 9.17) is 0 Å². The quantitative estimate of drug-likeness (QED) is 0.675. The summed E-state index contributed by atoms with van der Waals surface area (Å²) in [6, 6.07) is 7.81. The Bertz CT molecular complexity index is 1070. The summed E-state index contributed by atoms with van der Waals surface area (Å²) in [5, 5.41) is 8.48. The number of carbonyl (C=O) groups is 1. The summed E-state index contributed by atoms with van der Waals surface area (Å²) < 4.78 is 29.9. The van der Waals surface area contributed by atoms with Gasteiger partial charge in [0.1, 0.15) is 11.6 Å². The molecule has 1 fully saturated rings. The highest BCUT2D eigenvalue weighted by atomic mass is 19.1. The van der Waals surface area contributed by atoms with Crippen LogP contribution < -0.4 is 5.56 Å². The summed E-state index contributed by atoms with van der Waals surface area (Å²) in [5.74, 6) is -1.31. The van der Waals surface area contributed by atoms with Crippen LogP contribution in [-0.4, -0.2) is 43.5 Å². The molecule has 0 radical (unpaired) electrons. The third kappa shape index (κ3) is 4.08. The summed E-state index contributed by atoms with van der Waals surface area (Å²) in [7, 11) is 0. The van der Waals surface area contributed by atoms with Crippen molar-refractivity contribution in [1.82, 2.24) is 24.5 Å². The van der Waals surface area contributed by atoms with Crippen LogP contribution in [-0.2, 0) is 6.54 Å². The number of piperidine rings is 1. The second-order valence-corrected chi connectivity index (χ2v) is 7.02. The molecule has 4 rings (SSSR count). The van der Waals surface area contributed by atoms with Gasteiger partial charge in [0.05, 0.1) is 5.56 Å². The Morgan fingerprint density at radius 3 is 2.62 bits per heavy atom. The van der Waals surface area contributed by atoms with Gasteiger partial charge in [0, 0.05) is 44.2 Å². The highest BCUT2D eigenvalue weighted by Crippen LogP contribution is 2.21. The van der Waals surface area contributed by atoms with E-state index in [2.05, 4.69) is 10.2 Å². The van der Waals surface area contributed by atoms with E-state index in [1.165, 1.54) is 16.8 Å². The van der Waals surface area contributed by atoms with Crippen molar-refractivity contribution in [3.63, 3.8) is 0 Å². The van der Waals surface area contributed by atoms with Gasteiger partial charge in [0.25, 0.3) is 11.5 Å². The van der Waals surface area contributed by atoms with Gasteiger partial charge in [0.15, 0.2) is 5.82 Å². The van der Waals surface area contributed by atoms with Crippen LogP contribution in [0.25, 0.3) is 5.82 Å². The molecule has 29 heavy (non-hydrogen) atoms. The lowest BCUT2D eigenvalue weighted by molar-refractivity contribution is 0.0675. The Kier molecular flexibility index (Phi) is 5.20. The second kappa shape index (κ2) is 7.94. The maximum absolute atomic E-state index is 13.9. The molecule has 3 aromatic rings. The summed E-state index contributed by atoms with van der Waals surface area (Å²) in [6.07, 6.45) is 4.70. The van der Waals surface area contributed by atoms with Gasteiger partial charge >= 0.3 is 0 Å². The van der Waals surface area contributed by atoms with E-state index in [1.807, 2.05) is 0 Å². The van der Waals surface area contributed by atoms with E-state index < -0.39 is 17.5 Å². The van der Waals surface area contributed by atoms with Gasteiger partial charge in [-0.2, -0.15) is 5.10 Å². The lowest BCUT2D eigenvalue weighted by atomic mass is 9.96. The van der Waals surface area contributed by atoms with Crippen LogP contribution in [0.2, 0.25) is 0 Å². The Morgan fingerprint density at radius 1 is 1.14 bits per heavy atom. The Morgan fingerprint density at radius 2 is 1.93 bits per heavy atom. The molecule has 0 spiro atoms. The third-order valence-electron chi connectivity index (χ3n) is 5.09.